The van der Waals surface area contributed by atoms with E-state index >= 15 is 0 Å². The molecule has 0 N–H and O–H groups in total. The SMILES string of the molecule is C1CC2C[N-]CCN2C1. The molecule has 0 radical (unpaired) electrons. The Hall–Kier alpha value is -0.0800. The smallest absolute Gasteiger partial charge is 0.00166 e. The standard InChI is InChI=1S/C7H13N2/c1-2-7-6-8-3-5-9(7)4-1/h7H,1-6H2/q-1. The first-order valence-electron chi connectivity index (χ1n) is 3.84. The molecule has 0 aromatic heterocycles. The minimum atomic E-state index is 0.832. The van der Waals surface area contributed by atoms with E-state index < -0.39 is 0 Å². The van der Waals surface area contributed by atoms with Crippen LogP contribution in [0.5, 0.6) is 0 Å². The molecule has 2 saturated heterocycles. The van der Waals surface area contributed by atoms with Crippen LogP contribution in [0.2, 0.25) is 0 Å². The van der Waals surface area contributed by atoms with Crippen LogP contribution in [0.25, 0.3) is 5.32 Å². The van der Waals surface area contributed by atoms with Crippen molar-refractivity contribution >= 4 is 0 Å². The summed E-state index contributed by atoms with van der Waals surface area (Å²) in [5, 5.41) is 4.38. The quantitative estimate of drug-likeness (QED) is 0.469. The minimum absolute atomic E-state index is 0.832. The van der Waals surface area contributed by atoms with Crippen molar-refractivity contribution in [1.29, 1.82) is 0 Å². The molecule has 0 saturated carbocycles. The molecule has 2 fully saturated rings. The Morgan fingerprint density at radius 3 is 3.22 bits per heavy atom. The predicted molar refractivity (Wildman–Crippen MR) is 37.7 cm³/mol. The van der Waals surface area contributed by atoms with Gasteiger partial charge in [-0.05, 0) is 32.0 Å². The van der Waals surface area contributed by atoms with Crippen molar-refractivity contribution in [2.45, 2.75) is 18.9 Å². The second kappa shape index (κ2) is 2.27. The van der Waals surface area contributed by atoms with Gasteiger partial charge in [-0.3, -0.25) is 0 Å². The number of rotatable bonds is 0. The lowest BCUT2D eigenvalue weighted by Crippen LogP contribution is -2.38. The molecular weight excluding hydrogens is 112 g/mol. The van der Waals surface area contributed by atoms with Gasteiger partial charge >= 0.3 is 0 Å². The van der Waals surface area contributed by atoms with Gasteiger partial charge in [0, 0.05) is 0 Å². The summed E-state index contributed by atoms with van der Waals surface area (Å²) in [7, 11) is 0. The van der Waals surface area contributed by atoms with Gasteiger partial charge in [-0.15, -0.1) is 13.1 Å². The molecule has 52 valence electrons. The number of hydrogen-bond acceptors (Lipinski definition) is 1. The Labute approximate surface area is 56.2 Å². The second-order valence-corrected chi connectivity index (χ2v) is 2.96. The number of piperazine rings is 1. The lowest BCUT2D eigenvalue weighted by Gasteiger charge is -2.38. The zero-order valence-corrected chi connectivity index (χ0v) is 5.71. The van der Waals surface area contributed by atoms with Crippen molar-refractivity contribution < 1.29 is 0 Å². The van der Waals surface area contributed by atoms with Gasteiger partial charge in [0.05, 0.1) is 0 Å². The van der Waals surface area contributed by atoms with Crippen molar-refractivity contribution in [3.63, 3.8) is 0 Å². The van der Waals surface area contributed by atoms with Gasteiger partial charge in [0.15, 0.2) is 0 Å². The summed E-state index contributed by atoms with van der Waals surface area (Å²) in [4.78, 5) is 2.58. The van der Waals surface area contributed by atoms with Crippen LogP contribution in [0.3, 0.4) is 0 Å². The molecule has 0 bridgehead atoms. The van der Waals surface area contributed by atoms with Gasteiger partial charge in [-0.25, -0.2) is 0 Å². The summed E-state index contributed by atoms with van der Waals surface area (Å²) in [6, 6.07) is 0.832. The molecule has 9 heavy (non-hydrogen) atoms. The van der Waals surface area contributed by atoms with Crippen molar-refractivity contribution in [3.8, 4) is 0 Å². The van der Waals surface area contributed by atoms with Crippen LogP contribution in [0.15, 0.2) is 0 Å². The fourth-order valence-corrected chi connectivity index (χ4v) is 1.84. The molecule has 2 heteroatoms. The molecule has 2 aliphatic rings. The van der Waals surface area contributed by atoms with E-state index in [1.807, 2.05) is 0 Å². The van der Waals surface area contributed by atoms with Crippen LogP contribution in [0, 0.1) is 0 Å². The Morgan fingerprint density at radius 2 is 2.33 bits per heavy atom. The second-order valence-electron chi connectivity index (χ2n) is 2.96. The predicted octanol–water partition coefficient (Wildman–Crippen LogP) is 0.838. The summed E-state index contributed by atoms with van der Waals surface area (Å²) in [6.45, 7) is 4.75. The zero-order chi connectivity index (χ0) is 6.10. The number of fused-ring (bicyclic) bond motifs is 1. The average Bonchev–Trinajstić information content (AvgIpc) is 2.33. The first-order valence-corrected chi connectivity index (χ1v) is 3.84. The molecule has 2 heterocycles. The highest BCUT2D eigenvalue weighted by Crippen LogP contribution is 2.21. The van der Waals surface area contributed by atoms with Gasteiger partial charge < -0.3 is 10.2 Å². The van der Waals surface area contributed by atoms with Crippen LogP contribution in [-0.2, 0) is 0 Å². The third-order valence-corrected chi connectivity index (χ3v) is 2.38. The fourth-order valence-electron chi connectivity index (χ4n) is 1.84. The molecule has 1 atom stereocenters. The number of hydrogen-bond donors (Lipinski definition) is 0. The zero-order valence-electron chi connectivity index (χ0n) is 5.71. The third kappa shape index (κ3) is 0.970. The molecule has 0 aliphatic carbocycles. The summed E-state index contributed by atoms with van der Waals surface area (Å²) >= 11 is 0. The van der Waals surface area contributed by atoms with E-state index in [1.165, 1.54) is 25.9 Å². The van der Waals surface area contributed by atoms with E-state index in [4.69, 9.17) is 0 Å². The van der Waals surface area contributed by atoms with E-state index in [9.17, 15) is 0 Å². The molecule has 2 nitrogen and oxygen atoms in total. The van der Waals surface area contributed by atoms with E-state index in [1.54, 1.807) is 0 Å². The molecule has 0 aromatic carbocycles. The molecule has 1 unspecified atom stereocenters. The first-order chi connectivity index (χ1) is 4.47. The lowest BCUT2D eigenvalue weighted by molar-refractivity contribution is 0.254. The van der Waals surface area contributed by atoms with Gasteiger partial charge in [0.2, 0.25) is 0 Å². The fraction of sp³-hybridized carbons (Fsp3) is 1.00. The highest BCUT2D eigenvalue weighted by atomic mass is 15.2. The van der Waals surface area contributed by atoms with Crippen LogP contribution in [0.1, 0.15) is 12.8 Å². The number of nitrogens with zero attached hydrogens (tertiary/aromatic N) is 2. The molecule has 2 rings (SSSR count). The van der Waals surface area contributed by atoms with E-state index in [0.717, 1.165) is 19.1 Å². The van der Waals surface area contributed by atoms with Crippen molar-refractivity contribution in [2.75, 3.05) is 26.2 Å². The lowest BCUT2D eigenvalue weighted by atomic mass is 10.2. The average molecular weight is 125 g/mol. The van der Waals surface area contributed by atoms with Crippen molar-refractivity contribution in [3.05, 3.63) is 5.32 Å². The molecule has 0 amide bonds. The Bertz CT molecular complexity index is 91.1. The van der Waals surface area contributed by atoms with Crippen LogP contribution < -0.4 is 0 Å². The first kappa shape index (κ1) is 5.69. The monoisotopic (exact) mass is 125 g/mol. The van der Waals surface area contributed by atoms with Crippen molar-refractivity contribution in [1.82, 2.24) is 4.90 Å². The maximum absolute atomic E-state index is 4.38. The van der Waals surface area contributed by atoms with Crippen LogP contribution in [-0.4, -0.2) is 37.1 Å². The topological polar surface area (TPSA) is 17.3 Å². The largest absolute Gasteiger partial charge is 0.660 e. The summed E-state index contributed by atoms with van der Waals surface area (Å²) in [5.74, 6) is 0. The minimum Gasteiger partial charge on any atom is -0.660 e. The molecule has 0 aromatic rings. The van der Waals surface area contributed by atoms with E-state index in [0.29, 0.717) is 0 Å². The maximum atomic E-state index is 4.38. The van der Waals surface area contributed by atoms with Gasteiger partial charge in [0.1, 0.15) is 0 Å². The molecule has 2 aliphatic heterocycles. The van der Waals surface area contributed by atoms with Gasteiger partial charge in [-0.1, -0.05) is 0 Å². The van der Waals surface area contributed by atoms with Gasteiger partial charge in [-0.2, -0.15) is 0 Å². The highest BCUT2D eigenvalue weighted by Gasteiger charge is 2.21. The highest BCUT2D eigenvalue weighted by molar-refractivity contribution is 4.97. The Morgan fingerprint density at radius 1 is 1.33 bits per heavy atom. The maximum Gasteiger partial charge on any atom is -0.00166 e. The van der Waals surface area contributed by atoms with Crippen LogP contribution >= 0.6 is 0 Å². The molecule has 0 spiro atoms. The van der Waals surface area contributed by atoms with E-state index in [-0.39, 0.29) is 0 Å². The summed E-state index contributed by atoms with van der Waals surface area (Å²) in [6.07, 6.45) is 2.80. The normalized spacial score (nSPS) is 36.7. The van der Waals surface area contributed by atoms with E-state index in [2.05, 4.69) is 10.2 Å². The Kier molecular flexibility index (Phi) is 1.44. The van der Waals surface area contributed by atoms with Gasteiger partial charge in [0.25, 0.3) is 0 Å². The summed E-state index contributed by atoms with van der Waals surface area (Å²) < 4.78 is 0. The van der Waals surface area contributed by atoms with Crippen LogP contribution in [0.4, 0.5) is 0 Å². The third-order valence-electron chi connectivity index (χ3n) is 2.38. The Balaban J connectivity index is 1.97. The summed E-state index contributed by atoms with van der Waals surface area (Å²) in [5.41, 5.74) is 0. The molecular formula is C7H13N2-. The van der Waals surface area contributed by atoms with Crippen molar-refractivity contribution in [2.24, 2.45) is 0 Å².